The third kappa shape index (κ3) is 3.67. The van der Waals surface area contributed by atoms with E-state index in [0.29, 0.717) is 0 Å². The maximum absolute atomic E-state index is 12.3. The molecule has 2 rings (SSSR count). The molecule has 0 aliphatic carbocycles. The molecule has 0 amide bonds. The van der Waals surface area contributed by atoms with E-state index in [-0.39, 0.29) is 21.2 Å². The van der Waals surface area contributed by atoms with Crippen LogP contribution in [0.3, 0.4) is 0 Å². The van der Waals surface area contributed by atoms with Gasteiger partial charge in [0.25, 0.3) is 15.8 Å². The van der Waals surface area contributed by atoms with E-state index >= 15 is 0 Å². The number of ketones is 1. The first-order valence-electron chi connectivity index (χ1n) is 5.87. The van der Waals surface area contributed by atoms with Crippen molar-refractivity contribution in [1.29, 1.82) is 0 Å². The third-order valence-electron chi connectivity index (χ3n) is 2.88. The fourth-order valence-electron chi connectivity index (χ4n) is 1.80. The molecule has 0 saturated carbocycles. The largest absolute Gasteiger partial charge is 0.296 e. The highest BCUT2D eigenvalue weighted by atomic mass is 35.5. The Balaban J connectivity index is 2.54. The normalized spacial score (nSPS) is 11.3. The predicted molar refractivity (Wildman–Crippen MR) is 82.8 cm³/mol. The van der Waals surface area contributed by atoms with Crippen LogP contribution in [0.4, 0.5) is 5.69 Å². The summed E-state index contributed by atoms with van der Waals surface area (Å²) in [6.07, 6.45) is 0. The van der Waals surface area contributed by atoms with Crippen molar-refractivity contribution in [3.8, 4) is 0 Å². The second kappa shape index (κ2) is 6.25. The van der Waals surface area contributed by atoms with Gasteiger partial charge < -0.3 is 0 Å². The second-order valence-corrected chi connectivity index (χ2v) is 6.58. The summed E-state index contributed by atoms with van der Waals surface area (Å²) in [5.41, 5.74) is -0.634. The van der Waals surface area contributed by atoms with E-state index < -0.39 is 31.4 Å². The van der Waals surface area contributed by atoms with E-state index in [0.717, 1.165) is 18.2 Å². The van der Waals surface area contributed by atoms with Crippen LogP contribution in [0.5, 0.6) is 0 Å². The first kappa shape index (κ1) is 17.4. The summed E-state index contributed by atoms with van der Waals surface area (Å²) in [6.45, 7) is 0. The number of rotatable bonds is 4. The van der Waals surface area contributed by atoms with Crippen LogP contribution in [0.2, 0.25) is 10.0 Å². The Kier molecular flexibility index (Phi) is 4.71. The molecule has 0 unspecified atom stereocenters. The molecule has 1 N–H and O–H groups in total. The molecule has 23 heavy (non-hydrogen) atoms. The van der Waals surface area contributed by atoms with Gasteiger partial charge in [-0.25, -0.2) is 0 Å². The Morgan fingerprint density at radius 1 is 1.04 bits per heavy atom. The lowest BCUT2D eigenvalue weighted by Gasteiger charge is -2.05. The van der Waals surface area contributed by atoms with E-state index in [4.69, 9.17) is 27.8 Å². The van der Waals surface area contributed by atoms with Crippen LogP contribution in [-0.2, 0) is 10.1 Å². The van der Waals surface area contributed by atoms with Gasteiger partial charge in [0.05, 0.1) is 9.95 Å². The number of nitro groups is 1. The number of carbonyl (C=O) groups is 1. The number of hydrogen-bond donors (Lipinski definition) is 1. The molecule has 0 saturated heterocycles. The Bertz CT molecular complexity index is 926. The summed E-state index contributed by atoms with van der Waals surface area (Å²) in [5.74, 6) is -0.689. The van der Waals surface area contributed by atoms with Gasteiger partial charge in [-0.3, -0.25) is 19.5 Å². The lowest BCUT2D eigenvalue weighted by atomic mass is 10.0. The quantitative estimate of drug-likeness (QED) is 0.379. The number of hydrogen-bond acceptors (Lipinski definition) is 5. The van der Waals surface area contributed by atoms with Crippen LogP contribution < -0.4 is 0 Å². The summed E-state index contributed by atoms with van der Waals surface area (Å²) >= 11 is 11.3. The summed E-state index contributed by atoms with van der Waals surface area (Å²) < 4.78 is 31.5. The van der Waals surface area contributed by atoms with Crippen LogP contribution in [-0.4, -0.2) is 23.7 Å². The lowest BCUT2D eigenvalue weighted by molar-refractivity contribution is -0.384. The highest BCUT2D eigenvalue weighted by Crippen LogP contribution is 2.28. The number of halogens is 2. The standard InChI is InChI=1S/C13H7Cl2NO6S/c14-9-3-1-7(5-11(9)16(18)19)13(17)8-2-4-10(15)12(6-8)23(20,21)22/h1-6H,(H,20,21,22). The van der Waals surface area contributed by atoms with Crippen LogP contribution in [0.1, 0.15) is 15.9 Å². The van der Waals surface area contributed by atoms with Crippen LogP contribution in [0, 0.1) is 10.1 Å². The number of nitro benzene ring substituents is 1. The van der Waals surface area contributed by atoms with Crippen molar-refractivity contribution in [3.63, 3.8) is 0 Å². The van der Waals surface area contributed by atoms with Crippen LogP contribution in [0.25, 0.3) is 0 Å². The minimum atomic E-state index is -4.61. The van der Waals surface area contributed by atoms with Crippen molar-refractivity contribution in [3.05, 3.63) is 67.7 Å². The average molecular weight is 376 g/mol. The Hall–Kier alpha value is -2.00. The monoisotopic (exact) mass is 375 g/mol. The molecule has 10 heteroatoms. The molecule has 0 spiro atoms. The summed E-state index contributed by atoms with van der Waals surface area (Å²) in [5, 5.41) is 10.4. The molecular formula is C13H7Cl2NO6S. The number of carbonyl (C=O) groups excluding carboxylic acids is 1. The van der Waals surface area contributed by atoms with E-state index in [1.807, 2.05) is 0 Å². The minimum Gasteiger partial charge on any atom is -0.289 e. The zero-order valence-electron chi connectivity index (χ0n) is 11.1. The maximum atomic E-state index is 12.3. The number of benzene rings is 2. The minimum absolute atomic E-state index is 0.0651. The zero-order chi connectivity index (χ0) is 17.4. The first-order chi connectivity index (χ1) is 10.6. The molecule has 0 fully saturated rings. The SMILES string of the molecule is O=C(c1ccc(Cl)c([N+](=O)[O-])c1)c1ccc(Cl)c(S(=O)(=O)O)c1. The molecule has 0 bridgehead atoms. The zero-order valence-corrected chi connectivity index (χ0v) is 13.4. The fourth-order valence-corrected chi connectivity index (χ4v) is 2.99. The van der Waals surface area contributed by atoms with E-state index in [2.05, 4.69) is 0 Å². The predicted octanol–water partition coefficient (Wildman–Crippen LogP) is 3.38. The molecule has 0 aliphatic rings. The molecule has 2 aromatic rings. The first-order valence-corrected chi connectivity index (χ1v) is 8.06. The molecule has 0 aliphatic heterocycles. The van der Waals surface area contributed by atoms with Crippen molar-refractivity contribution >= 4 is 44.8 Å². The Labute approximate surface area is 140 Å². The molecule has 2 aromatic carbocycles. The van der Waals surface area contributed by atoms with Crippen molar-refractivity contribution in [1.82, 2.24) is 0 Å². The molecular weight excluding hydrogens is 369 g/mol. The van der Waals surface area contributed by atoms with Gasteiger partial charge in [-0.1, -0.05) is 23.2 Å². The Morgan fingerprint density at radius 3 is 2.09 bits per heavy atom. The van der Waals surface area contributed by atoms with Gasteiger partial charge in [0.1, 0.15) is 9.92 Å². The highest BCUT2D eigenvalue weighted by molar-refractivity contribution is 7.86. The number of nitrogens with zero attached hydrogens (tertiary/aromatic N) is 1. The van der Waals surface area contributed by atoms with Gasteiger partial charge in [-0.05, 0) is 30.3 Å². The summed E-state index contributed by atoms with van der Waals surface area (Å²) in [6, 6.07) is 6.68. The maximum Gasteiger partial charge on any atom is 0.296 e. The Morgan fingerprint density at radius 2 is 1.57 bits per heavy atom. The molecule has 120 valence electrons. The molecule has 0 atom stereocenters. The van der Waals surface area contributed by atoms with Crippen molar-refractivity contribution in [2.45, 2.75) is 4.90 Å². The third-order valence-corrected chi connectivity index (χ3v) is 4.53. The topological polar surface area (TPSA) is 115 Å². The molecule has 7 nitrogen and oxygen atoms in total. The highest BCUT2D eigenvalue weighted by Gasteiger charge is 2.21. The van der Waals surface area contributed by atoms with Gasteiger partial charge in [-0.15, -0.1) is 0 Å². The molecule has 0 heterocycles. The van der Waals surface area contributed by atoms with E-state index in [1.165, 1.54) is 18.2 Å². The molecule has 0 aromatic heterocycles. The second-order valence-electron chi connectivity index (χ2n) is 4.37. The van der Waals surface area contributed by atoms with Crippen molar-refractivity contribution < 1.29 is 22.7 Å². The van der Waals surface area contributed by atoms with Gasteiger partial charge in [-0.2, -0.15) is 8.42 Å². The fraction of sp³-hybridized carbons (Fsp3) is 0. The van der Waals surface area contributed by atoms with Gasteiger partial charge in [0.2, 0.25) is 0 Å². The van der Waals surface area contributed by atoms with Gasteiger partial charge >= 0.3 is 0 Å². The van der Waals surface area contributed by atoms with Crippen molar-refractivity contribution in [2.75, 3.05) is 0 Å². The average Bonchev–Trinajstić information content (AvgIpc) is 2.46. The van der Waals surface area contributed by atoms with Gasteiger partial charge in [0.15, 0.2) is 5.78 Å². The van der Waals surface area contributed by atoms with Crippen LogP contribution in [0.15, 0.2) is 41.3 Å². The molecule has 0 radical (unpaired) electrons. The smallest absolute Gasteiger partial charge is 0.289 e. The summed E-state index contributed by atoms with van der Waals surface area (Å²) in [7, 11) is -4.61. The van der Waals surface area contributed by atoms with Crippen LogP contribution >= 0.6 is 23.2 Å². The van der Waals surface area contributed by atoms with E-state index in [1.54, 1.807) is 0 Å². The van der Waals surface area contributed by atoms with E-state index in [9.17, 15) is 23.3 Å². The van der Waals surface area contributed by atoms with Crippen molar-refractivity contribution in [2.24, 2.45) is 0 Å². The van der Waals surface area contributed by atoms with Gasteiger partial charge in [0, 0.05) is 17.2 Å². The lowest BCUT2D eigenvalue weighted by Crippen LogP contribution is -2.06. The summed E-state index contributed by atoms with van der Waals surface area (Å²) in [4.78, 5) is 21.8.